The largest absolute Gasteiger partial charge is 0.304 e. The molecule has 0 amide bonds. The van der Waals surface area contributed by atoms with Crippen molar-refractivity contribution >= 4 is 11.8 Å². The van der Waals surface area contributed by atoms with E-state index in [0.717, 1.165) is 0 Å². The molecule has 2 atom stereocenters. The molecule has 0 fully saturated rings. The Balaban J connectivity index is 2.11. The van der Waals surface area contributed by atoms with Crippen LogP contribution in [0.1, 0.15) is 37.1 Å². The van der Waals surface area contributed by atoms with Gasteiger partial charge in [0.15, 0.2) is 0 Å². The van der Waals surface area contributed by atoms with E-state index in [1.54, 1.807) is 11.8 Å². The zero-order chi connectivity index (χ0) is 13.7. The van der Waals surface area contributed by atoms with Crippen LogP contribution in [0.2, 0.25) is 0 Å². The summed E-state index contributed by atoms with van der Waals surface area (Å²) in [5, 5.41) is 3.63. The molecule has 0 bridgehead atoms. The van der Waals surface area contributed by atoms with Gasteiger partial charge in [0.1, 0.15) is 0 Å². The molecular formula is C16H20N2S. The average molecular weight is 272 g/mol. The molecule has 2 nitrogen and oxygen atoms in total. The van der Waals surface area contributed by atoms with Crippen LogP contribution in [0.25, 0.3) is 0 Å². The van der Waals surface area contributed by atoms with E-state index in [9.17, 15) is 0 Å². The Hall–Kier alpha value is -1.32. The summed E-state index contributed by atoms with van der Waals surface area (Å²) in [4.78, 5) is 5.51. The highest BCUT2D eigenvalue weighted by Crippen LogP contribution is 2.27. The smallest absolute Gasteiger partial charge is 0.0315 e. The Morgan fingerprint density at radius 1 is 1.05 bits per heavy atom. The van der Waals surface area contributed by atoms with Crippen molar-refractivity contribution in [1.29, 1.82) is 0 Å². The van der Waals surface area contributed by atoms with Crippen LogP contribution in [0.3, 0.4) is 0 Å². The molecule has 0 aliphatic carbocycles. The fourth-order valence-electron chi connectivity index (χ4n) is 2.22. The minimum atomic E-state index is 0.290. The van der Waals surface area contributed by atoms with E-state index in [1.807, 2.05) is 18.5 Å². The maximum Gasteiger partial charge on any atom is 0.0315 e. The molecule has 0 saturated carbocycles. The lowest BCUT2D eigenvalue weighted by Gasteiger charge is -2.22. The average Bonchev–Trinajstić information content (AvgIpc) is 2.48. The molecule has 0 aliphatic heterocycles. The molecule has 1 heterocycles. The molecule has 0 radical (unpaired) electrons. The van der Waals surface area contributed by atoms with Crippen molar-refractivity contribution in [2.75, 3.05) is 6.26 Å². The Kier molecular flexibility index (Phi) is 5.00. The lowest BCUT2D eigenvalue weighted by Crippen LogP contribution is -2.23. The van der Waals surface area contributed by atoms with Gasteiger partial charge in [-0.3, -0.25) is 4.98 Å². The van der Waals surface area contributed by atoms with Gasteiger partial charge in [0.25, 0.3) is 0 Å². The summed E-state index contributed by atoms with van der Waals surface area (Å²) in [5.74, 6) is 0. The number of pyridine rings is 1. The quantitative estimate of drug-likeness (QED) is 0.825. The van der Waals surface area contributed by atoms with Gasteiger partial charge in [0.2, 0.25) is 0 Å². The molecule has 2 aromatic rings. The van der Waals surface area contributed by atoms with Gasteiger partial charge >= 0.3 is 0 Å². The monoisotopic (exact) mass is 272 g/mol. The van der Waals surface area contributed by atoms with E-state index in [2.05, 4.69) is 60.7 Å². The second kappa shape index (κ2) is 6.73. The first-order valence-corrected chi connectivity index (χ1v) is 7.73. The maximum atomic E-state index is 4.18. The van der Waals surface area contributed by atoms with Gasteiger partial charge in [-0.05, 0) is 43.4 Å². The van der Waals surface area contributed by atoms with Crippen LogP contribution in [-0.2, 0) is 0 Å². The molecular weight excluding hydrogens is 252 g/mol. The Morgan fingerprint density at radius 2 is 1.84 bits per heavy atom. The van der Waals surface area contributed by atoms with Crippen LogP contribution in [0, 0.1) is 0 Å². The minimum absolute atomic E-state index is 0.290. The van der Waals surface area contributed by atoms with Gasteiger partial charge in [-0.15, -0.1) is 11.8 Å². The molecule has 1 N–H and O–H groups in total. The number of hydrogen-bond donors (Lipinski definition) is 1. The summed E-state index contributed by atoms with van der Waals surface area (Å²) in [5.41, 5.74) is 2.57. The second-order valence-corrected chi connectivity index (χ2v) is 5.49. The van der Waals surface area contributed by atoms with Crippen molar-refractivity contribution in [2.24, 2.45) is 0 Å². The predicted octanol–water partition coefficient (Wildman–Crippen LogP) is 4.22. The molecule has 19 heavy (non-hydrogen) atoms. The summed E-state index contributed by atoms with van der Waals surface area (Å²) in [6.45, 7) is 4.39. The SMILES string of the molecule is CSc1ccccc1[C@@H](C)N[C@H](C)c1cccnc1. The van der Waals surface area contributed by atoms with E-state index < -0.39 is 0 Å². The standard InChI is InChI=1S/C16H20N2S/c1-12(14-7-6-10-17-11-14)18-13(2)15-8-4-5-9-16(15)19-3/h4-13,18H,1-3H3/t12-,13-/m1/s1. The van der Waals surface area contributed by atoms with Gasteiger partial charge in [-0.25, -0.2) is 0 Å². The number of benzene rings is 1. The van der Waals surface area contributed by atoms with Crippen LogP contribution >= 0.6 is 11.8 Å². The van der Waals surface area contributed by atoms with Crippen molar-refractivity contribution in [2.45, 2.75) is 30.8 Å². The zero-order valence-electron chi connectivity index (χ0n) is 11.6. The maximum absolute atomic E-state index is 4.18. The normalized spacial score (nSPS) is 14.1. The number of thioether (sulfide) groups is 1. The van der Waals surface area contributed by atoms with E-state index >= 15 is 0 Å². The number of aromatic nitrogens is 1. The molecule has 0 unspecified atom stereocenters. The minimum Gasteiger partial charge on any atom is -0.304 e. The second-order valence-electron chi connectivity index (χ2n) is 4.64. The highest BCUT2D eigenvalue weighted by molar-refractivity contribution is 7.98. The summed E-state index contributed by atoms with van der Waals surface area (Å²) in [6, 6.07) is 13.3. The topological polar surface area (TPSA) is 24.9 Å². The van der Waals surface area contributed by atoms with Crippen LogP contribution < -0.4 is 5.32 Å². The van der Waals surface area contributed by atoms with Gasteiger partial charge in [0, 0.05) is 29.4 Å². The fraction of sp³-hybridized carbons (Fsp3) is 0.312. The molecule has 1 aromatic carbocycles. The Bertz CT molecular complexity index is 513. The third-order valence-corrected chi connectivity index (χ3v) is 4.10. The molecule has 1 aromatic heterocycles. The highest BCUT2D eigenvalue weighted by Gasteiger charge is 2.13. The first-order valence-electron chi connectivity index (χ1n) is 6.51. The third kappa shape index (κ3) is 3.58. The Morgan fingerprint density at radius 3 is 2.53 bits per heavy atom. The lowest BCUT2D eigenvalue weighted by atomic mass is 10.1. The fourth-order valence-corrected chi connectivity index (χ4v) is 2.91. The van der Waals surface area contributed by atoms with E-state index in [-0.39, 0.29) is 0 Å². The Labute approximate surface area is 119 Å². The first-order chi connectivity index (χ1) is 9.22. The van der Waals surface area contributed by atoms with Crippen LogP contribution in [0.5, 0.6) is 0 Å². The zero-order valence-corrected chi connectivity index (χ0v) is 12.4. The first kappa shape index (κ1) is 14.1. The van der Waals surface area contributed by atoms with Crippen LogP contribution in [0.4, 0.5) is 0 Å². The molecule has 100 valence electrons. The van der Waals surface area contributed by atoms with Crippen molar-refractivity contribution < 1.29 is 0 Å². The predicted molar refractivity (Wildman–Crippen MR) is 82.4 cm³/mol. The molecule has 2 rings (SSSR count). The number of hydrogen-bond acceptors (Lipinski definition) is 3. The van der Waals surface area contributed by atoms with Crippen molar-refractivity contribution in [3.05, 3.63) is 59.9 Å². The third-order valence-electron chi connectivity index (χ3n) is 3.29. The molecule has 0 saturated heterocycles. The van der Waals surface area contributed by atoms with Crippen molar-refractivity contribution in [1.82, 2.24) is 10.3 Å². The number of nitrogens with zero attached hydrogens (tertiary/aromatic N) is 1. The van der Waals surface area contributed by atoms with Crippen molar-refractivity contribution in [3.63, 3.8) is 0 Å². The highest BCUT2D eigenvalue weighted by atomic mass is 32.2. The van der Waals surface area contributed by atoms with Gasteiger partial charge in [0.05, 0.1) is 0 Å². The van der Waals surface area contributed by atoms with Crippen LogP contribution in [0.15, 0.2) is 53.7 Å². The van der Waals surface area contributed by atoms with Gasteiger partial charge in [-0.2, -0.15) is 0 Å². The molecule has 0 aliphatic rings. The van der Waals surface area contributed by atoms with Crippen LogP contribution in [-0.4, -0.2) is 11.2 Å². The van der Waals surface area contributed by atoms with Gasteiger partial charge in [-0.1, -0.05) is 24.3 Å². The van der Waals surface area contributed by atoms with Gasteiger partial charge < -0.3 is 5.32 Å². The van der Waals surface area contributed by atoms with E-state index in [1.165, 1.54) is 16.0 Å². The van der Waals surface area contributed by atoms with E-state index in [0.29, 0.717) is 12.1 Å². The number of nitrogens with one attached hydrogen (secondary N) is 1. The van der Waals surface area contributed by atoms with Crippen molar-refractivity contribution in [3.8, 4) is 0 Å². The molecule has 0 spiro atoms. The summed E-state index contributed by atoms with van der Waals surface area (Å²) in [7, 11) is 0. The molecule has 3 heteroatoms. The summed E-state index contributed by atoms with van der Waals surface area (Å²) >= 11 is 1.79. The summed E-state index contributed by atoms with van der Waals surface area (Å²) < 4.78 is 0. The lowest BCUT2D eigenvalue weighted by molar-refractivity contribution is 0.489. The summed E-state index contributed by atoms with van der Waals surface area (Å²) in [6.07, 6.45) is 5.85. The number of rotatable bonds is 5. The van der Waals surface area contributed by atoms with E-state index in [4.69, 9.17) is 0 Å².